The number of hydrogen-bond donors (Lipinski definition) is 0. The molecule has 5 nitrogen and oxygen atoms in total. The van der Waals surface area contributed by atoms with Gasteiger partial charge in [0.15, 0.2) is 11.5 Å². The normalized spacial score (nSPS) is 12.4. The number of pyridine rings is 1. The first-order chi connectivity index (χ1) is 12.2. The summed E-state index contributed by atoms with van der Waals surface area (Å²) in [6.07, 6.45) is 2.09. The molecule has 0 radical (unpaired) electrons. The minimum absolute atomic E-state index is 0.0517. The summed E-state index contributed by atoms with van der Waals surface area (Å²) in [4.78, 5) is 18.8. The SMILES string of the molecule is CN(Cc1ccc2c(c1)OCO2)C(=O)Cc1cccc2cccnc12. The summed E-state index contributed by atoms with van der Waals surface area (Å²) in [5, 5.41) is 1.05. The Hall–Kier alpha value is -3.08. The largest absolute Gasteiger partial charge is 0.454 e. The van der Waals surface area contributed by atoms with E-state index in [1.54, 1.807) is 11.1 Å². The number of amides is 1. The van der Waals surface area contributed by atoms with Gasteiger partial charge in [-0.25, -0.2) is 0 Å². The van der Waals surface area contributed by atoms with Crippen molar-refractivity contribution in [3.63, 3.8) is 0 Å². The molecule has 5 heteroatoms. The summed E-state index contributed by atoms with van der Waals surface area (Å²) in [6.45, 7) is 0.773. The molecular weight excluding hydrogens is 316 g/mol. The molecule has 4 rings (SSSR count). The predicted octanol–water partition coefficient (Wildman–Crippen LogP) is 3.16. The zero-order chi connectivity index (χ0) is 17.2. The molecule has 0 unspecified atom stereocenters. The van der Waals surface area contributed by atoms with E-state index in [4.69, 9.17) is 9.47 Å². The Morgan fingerprint density at radius 2 is 1.96 bits per heavy atom. The number of benzene rings is 2. The van der Waals surface area contributed by atoms with Crippen LogP contribution >= 0.6 is 0 Å². The van der Waals surface area contributed by atoms with Crippen molar-refractivity contribution in [1.82, 2.24) is 9.88 Å². The van der Waals surface area contributed by atoms with Crippen molar-refractivity contribution in [2.24, 2.45) is 0 Å². The number of nitrogens with zero attached hydrogens (tertiary/aromatic N) is 2. The van der Waals surface area contributed by atoms with Crippen LogP contribution < -0.4 is 9.47 Å². The maximum Gasteiger partial charge on any atom is 0.231 e. The Labute approximate surface area is 145 Å². The lowest BCUT2D eigenvalue weighted by atomic mass is 10.1. The van der Waals surface area contributed by atoms with Crippen LogP contribution in [0.1, 0.15) is 11.1 Å². The topological polar surface area (TPSA) is 51.7 Å². The second-order valence-corrected chi connectivity index (χ2v) is 6.11. The Morgan fingerprint density at radius 1 is 1.12 bits per heavy atom. The number of para-hydroxylation sites is 1. The van der Waals surface area contributed by atoms with Gasteiger partial charge in [0.1, 0.15) is 0 Å². The van der Waals surface area contributed by atoms with Gasteiger partial charge in [0.2, 0.25) is 12.7 Å². The number of aromatic nitrogens is 1. The number of carbonyl (C=O) groups is 1. The van der Waals surface area contributed by atoms with Gasteiger partial charge in [-0.3, -0.25) is 9.78 Å². The minimum Gasteiger partial charge on any atom is -0.454 e. The molecule has 25 heavy (non-hydrogen) atoms. The average molecular weight is 334 g/mol. The molecule has 0 atom stereocenters. The van der Waals surface area contributed by atoms with Gasteiger partial charge in [-0.05, 0) is 29.3 Å². The van der Waals surface area contributed by atoms with Gasteiger partial charge in [0.25, 0.3) is 0 Å². The van der Waals surface area contributed by atoms with Crippen molar-refractivity contribution in [3.8, 4) is 11.5 Å². The van der Waals surface area contributed by atoms with Crippen LogP contribution in [0.3, 0.4) is 0 Å². The summed E-state index contributed by atoms with van der Waals surface area (Å²) in [7, 11) is 1.81. The first-order valence-electron chi connectivity index (χ1n) is 8.16. The van der Waals surface area contributed by atoms with E-state index in [2.05, 4.69) is 4.98 Å². The maximum atomic E-state index is 12.6. The second kappa shape index (κ2) is 6.43. The number of carbonyl (C=O) groups excluding carboxylic acids is 1. The van der Waals surface area contributed by atoms with Crippen molar-refractivity contribution in [2.45, 2.75) is 13.0 Å². The highest BCUT2D eigenvalue weighted by Crippen LogP contribution is 2.32. The molecule has 0 saturated carbocycles. The van der Waals surface area contributed by atoms with Crippen LogP contribution in [0.15, 0.2) is 54.7 Å². The maximum absolute atomic E-state index is 12.6. The average Bonchev–Trinajstić information content (AvgIpc) is 3.10. The molecule has 3 aromatic rings. The molecule has 1 aromatic heterocycles. The number of fused-ring (bicyclic) bond motifs is 2. The molecule has 126 valence electrons. The molecule has 1 aliphatic rings. The fourth-order valence-corrected chi connectivity index (χ4v) is 3.01. The van der Waals surface area contributed by atoms with Crippen LogP contribution in [0.25, 0.3) is 10.9 Å². The lowest BCUT2D eigenvalue weighted by Crippen LogP contribution is -2.27. The van der Waals surface area contributed by atoms with Crippen LogP contribution in [-0.2, 0) is 17.8 Å². The zero-order valence-corrected chi connectivity index (χ0v) is 13.9. The van der Waals surface area contributed by atoms with Crippen LogP contribution in [0.2, 0.25) is 0 Å². The summed E-state index contributed by atoms with van der Waals surface area (Å²) in [5.41, 5.74) is 2.84. The van der Waals surface area contributed by atoms with Crippen molar-refractivity contribution >= 4 is 16.8 Å². The number of likely N-dealkylation sites (N-methyl/N-ethyl adjacent to an activating group) is 1. The van der Waals surface area contributed by atoms with Gasteiger partial charge >= 0.3 is 0 Å². The Kier molecular flexibility index (Phi) is 3.98. The lowest BCUT2D eigenvalue weighted by molar-refractivity contribution is -0.129. The van der Waals surface area contributed by atoms with Crippen LogP contribution in [-0.4, -0.2) is 29.6 Å². The molecule has 1 amide bonds. The van der Waals surface area contributed by atoms with Gasteiger partial charge in [-0.15, -0.1) is 0 Å². The van der Waals surface area contributed by atoms with Gasteiger partial charge in [0, 0.05) is 25.2 Å². The highest BCUT2D eigenvalue weighted by atomic mass is 16.7. The lowest BCUT2D eigenvalue weighted by Gasteiger charge is -2.18. The van der Waals surface area contributed by atoms with E-state index in [9.17, 15) is 4.79 Å². The first kappa shape index (κ1) is 15.4. The Bertz CT molecular complexity index is 934. The summed E-state index contributed by atoms with van der Waals surface area (Å²) >= 11 is 0. The molecular formula is C20H18N2O3. The highest BCUT2D eigenvalue weighted by Gasteiger charge is 2.16. The van der Waals surface area contributed by atoms with E-state index in [0.717, 1.165) is 33.5 Å². The monoisotopic (exact) mass is 334 g/mol. The third-order valence-electron chi connectivity index (χ3n) is 4.34. The quantitative estimate of drug-likeness (QED) is 0.735. The second-order valence-electron chi connectivity index (χ2n) is 6.11. The standard InChI is InChI=1S/C20H18N2O3/c1-22(12-14-7-8-17-18(10-14)25-13-24-17)19(23)11-16-5-2-4-15-6-3-9-21-20(15)16/h2-10H,11-13H2,1H3. The fourth-order valence-electron chi connectivity index (χ4n) is 3.01. The van der Waals surface area contributed by atoms with Gasteiger partial charge < -0.3 is 14.4 Å². The van der Waals surface area contributed by atoms with Crippen LogP contribution in [0, 0.1) is 0 Å². The van der Waals surface area contributed by atoms with E-state index < -0.39 is 0 Å². The van der Waals surface area contributed by atoms with Crippen LogP contribution in [0.5, 0.6) is 11.5 Å². The molecule has 0 bridgehead atoms. The molecule has 0 aliphatic carbocycles. The summed E-state index contributed by atoms with van der Waals surface area (Å²) in [6, 6.07) is 15.6. The van der Waals surface area contributed by atoms with E-state index in [0.29, 0.717) is 13.0 Å². The molecule has 2 aromatic carbocycles. The highest BCUT2D eigenvalue weighted by molar-refractivity contribution is 5.87. The van der Waals surface area contributed by atoms with Crippen molar-refractivity contribution in [2.75, 3.05) is 13.8 Å². The van der Waals surface area contributed by atoms with Gasteiger partial charge in [-0.2, -0.15) is 0 Å². The molecule has 0 spiro atoms. The fraction of sp³-hybridized carbons (Fsp3) is 0.200. The number of rotatable bonds is 4. The van der Waals surface area contributed by atoms with E-state index in [1.807, 2.05) is 55.6 Å². The number of ether oxygens (including phenoxy) is 2. The van der Waals surface area contributed by atoms with Gasteiger partial charge in [-0.1, -0.05) is 30.3 Å². The predicted molar refractivity (Wildman–Crippen MR) is 94.5 cm³/mol. The number of hydrogen-bond acceptors (Lipinski definition) is 4. The Balaban J connectivity index is 1.48. The molecule has 0 fully saturated rings. The van der Waals surface area contributed by atoms with E-state index in [1.165, 1.54) is 0 Å². The third-order valence-corrected chi connectivity index (χ3v) is 4.34. The molecule has 1 aliphatic heterocycles. The third kappa shape index (κ3) is 3.13. The Morgan fingerprint density at radius 3 is 2.88 bits per heavy atom. The smallest absolute Gasteiger partial charge is 0.231 e. The van der Waals surface area contributed by atoms with Crippen molar-refractivity contribution < 1.29 is 14.3 Å². The first-order valence-corrected chi connectivity index (χ1v) is 8.16. The molecule has 0 N–H and O–H groups in total. The van der Waals surface area contributed by atoms with E-state index in [-0.39, 0.29) is 12.7 Å². The van der Waals surface area contributed by atoms with Crippen LogP contribution in [0.4, 0.5) is 0 Å². The zero-order valence-electron chi connectivity index (χ0n) is 13.9. The van der Waals surface area contributed by atoms with E-state index >= 15 is 0 Å². The van der Waals surface area contributed by atoms with Crippen molar-refractivity contribution in [1.29, 1.82) is 0 Å². The summed E-state index contributed by atoms with van der Waals surface area (Å²) in [5.74, 6) is 1.53. The minimum atomic E-state index is 0.0517. The summed E-state index contributed by atoms with van der Waals surface area (Å²) < 4.78 is 10.7. The van der Waals surface area contributed by atoms with Gasteiger partial charge in [0.05, 0.1) is 11.9 Å². The molecule has 2 heterocycles. The van der Waals surface area contributed by atoms with Crippen molar-refractivity contribution in [3.05, 3.63) is 65.9 Å². The molecule has 0 saturated heterocycles.